The number of aryl methyl sites for hydroxylation is 1. The highest BCUT2D eigenvalue weighted by atomic mass is 32.2. The Labute approximate surface area is 170 Å². The monoisotopic (exact) mass is 422 g/mol. The van der Waals surface area contributed by atoms with E-state index in [4.69, 9.17) is 26.1 Å². The number of thioether (sulfide) groups is 1. The predicted molar refractivity (Wildman–Crippen MR) is 108 cm³/mol. The molecule has 0 radical (unpaired) electrons. The number of hydrogen-bond acceptors (Lipinski definition) is 8. The summed E-state index contributed by atoms with van der Waals surface area (Å²) in [7, 11) is 1.55. The summed E-state index contributed by atoms with van der Waals surface area (Å²) in [6.45, 7) is 1.78. The van der Waals surface area contributed by atoms with Crippen LogP contribution in [0.3, 0.4) is 0 Å². The number of rotatable bonds is 7. The molecule has 0 saturated carbocycles. The molecule has 1 aliphatic rings. The lowest BCUT2D eigenvalue weighted by molar-refractivity contribution is -0.126. The first kappa shape index (κ1) is 20.2. The molecule has 148 valence electrons. The van der Waals surface area contributed by atoms with Gasteiger partial charge in [0.05, 0.1) is 12.9 Å². The van der Waals surface area contributed by atoms with Gasteiger partial charge in [0.25, 0.3) is 5.91 Å². The summed E-state index contributed by atoms with van der Waals surface area (Å²) in [6.07, 6.45) is 0. The zero-order valence-corrected chi connectivity index (χ0v) is 16.9. The van der Waals surface area contributed by atoms with Crippen LogP contribution in [0.25, 0.3) is 11.0 Å². The van der Waals surface area contributed by atoms with E-state index in [1.807, 2.05) is 0 Å². The number of nitrogens with one attached hydrogen (secondary N) is 1. The van der Waals surface area contributed by atoms with Crippen LogP contribution in [-0.2, 0) is 14.3 Å². The summed E-state index contributed by atoms with van der Waals surface area (Å²) >= 11 is 6.36. The first-order valence-corrected chi connectivity index (χ1v) is 9.78. The molecule has 1 aromatic heterocycles. The van der Waals surface area contributed by atoms with Crippen LogP contribution in [0.1, 0.15) is 16.1 Å². The van der Waals surface area contributed by atoms with Crippen LogP contribution in [0, 0.1) is 6.92 Å². The minimum Gasteiger partial charge on any atom is -0.497 e. The molecule has 1 fully saturated rings. The molecule has 0 unspecified atom stereocenters. The third-order valence-electron chi connectivity index (χ3n) is 4.16. The van der Waals surface area contributed by atoms with E-state index in [2.05, 4.69) is 5.32 Å². The van der Waals surface area contributed by atoms with Crippen LogP contribution in [0.2, 0.25) is 0 Å². The lowest BCUT2D eigenvalue weighted by atomic mass is 10.1. The van der Waals surface area contributed by atoms with E-state index in [0.29, 0.717) is 27.0 Å². The molecule has 2 aromatic rings. The Hall–Kier alpha value is -2.59. The Bertz CT molecular complexity index is 939. The van der Waals surface area contributed by atoms with Crippen LogP contribution < -0.4 is 10.1 Å². The van der Waals surface area contributed by atoms with E-state index < -0.39 is 18.5 Å². The minimum atomic E-state index is -0.727. The molecule has 2 amide bonds. The molecular formula is C18H18N2O6S2. The van der Waals surface area contributed by atoms with Crippen molar-refractivity contribution in [3.05, 3.63) is 29.5 Å². The van der Waals surface area contributed by atoms with Crippen molar-refractivity contribution in [1.82, 2.24) is 10.2 Å². The van der Waals surface area contributed by atoms with Crippen LogP contribution in [0.15, 0.2) is 22.6 Å². The third-order valence-corrected chi connectivity index (χ3v) is 5.59. The standard InChI is InChI=1S/C18H18N2O6S2/c1-10-12-7-11(24-2)3-4-13(12)26-16(10)17(23)25-8-14(21)19-5-6-20-15(22)9-28-18(20)27/h3-4,7H,5-6,8-9H2,1-2H3,(H,19,21). The predicted octanol–water partition coefficient (Wildman–Crippen LogP) is 1.88. The van der Waals surface area contributed by atoms with Crippen molar-refractivity contribution in [3.8, 4) is 5.75 Å². The van der Waals surface area contributed by atoms with Gasteiger partial charge in [-0.3, -0.25) is 14.5 Å². The second-order valence-corrected chi connectivity index (χ2v) is 7.55. The molecule has 1 N–H and O–H groups in total. The van der Waals surface area contributed by atoms with Crippen LogP contribution in [0.4, 0.5) is 0 Å². The molecule has 10 heteroatoms. The van der Waals surface area contributed by atoms with Crippen LogP contribution in [0.5, 0.6) is 5.75 Å². The maximum Gasteiger partial charge on any atom is 0.375 e. The number of amides is 2. The Kier molecular flexibility index (Phi) is 6.20. The summed E-state index contributed by atoms with van der Waals surface area (Å²) in [5.74, 6) is -0.268. The molecule has 0 atom stereocenters. The highest BCUT2D eigenvalue weighted by Gasteiger charge is 2.26. The Morgan fingerprint density at radius 1 is 1.39 bits per heavy atom. The van der Waals surface area contributed by atoms with Crippen molar-refractivity contribution >= 4 is 57.1 Å². The molecule has 1 aromatic carbocycles. The third kappa shape index (κ3) is 4.28. The van der Waals surface area contributed by atoms with E-state index in [1.54, 1.807) is 32.2 Å². The van der Waals surface area contributed by atoms with Crippen LogP contribution >= 0.6 is 24.0 Å². The number of thiocarbonyl (C=S) groups is 1. The summed E-state index contributed by atoms with van der Waals surface area (Å²) in [6, 6.07) is 5.19. The molecule has 8 nitrogen and oxygen atoms in total. The molecule has 1 saturated heterocycles. The Morgan fingerprint density at radius 3 is 2.86 bits per heavy atom. The van der Waals surface area contributed by atoms with Gasteiger partial charge in [-0.1, -0.05) is 24.0 Å². The number of carbonyl (C=O) groups excluding carboxylic acids is 3. The topological polar surface area (TPSA) is 98.1 Å². The highest BCUT2D eigenvalue weighted by Crippen LogP contribution is 2.29. The van der Waals surface area contributed by atoms with Crippen molar-refractivity contribution in [1.29, 1.82) is 0 Å². The van der Waals surface area contributed by atoms with E-state index in [0.717, 1.165) is 5.39 Å². The fraction of sp³-hybridized carbons (Fsp3) is 0.333. The van der Waals surface area contributed by atoms with Gasteiger partial charge in [0.2, 0.25) is 11.7 Å². The van der Waals surface area contributed by atoms with Gasteiger partial charge in [-0.25, -0.2) is 4.79 Å². The highest BCUT2D eigenvalue weighted by molar-refractivity contribution is 8.23. The lowest BCUT2D eigenvalue weighted by Crippen LogP contribution is -2.38. The number of carbonyl (C=O) groups is 3. The number of benzene rings is 1. The van der Waals surface area contributed by atoms with E-state index in [1.165, 1.54) is 16.7 Å². The quantitative estimate of drug-likeness (QED) is 0.534. The fourth-order valence-electron chi connectivity index (χ4n) is 2.67. The van der Waals surface area contributed by atoms with Crippen molar-refractivity contribution in [3.63, 3.8) is 0 Å². The SMILES string of the molecule is COc1ccc2oc(C(=O)OCC(=O)NCCN3C(=O)CSC3=S)c(C)c2c1. The average Bonchev–Trinajstić information content (AvgIpc) is 3.19. The van der Waals surface area contributed by atoms with Gasteiger partial charge in [-0.2, -0.15) is 0 Å². The fourth-order valence-corrected chi connectivity index (χ4v) is 3.80. The Balaban J connectivity index is 1.51. The van der Waals surface area contributed by atoms with Gasteiger partial charge in [0.1, 0.15) is 15.7 Å². The van der Waals surface area contributed by atoms with Crippen molar-refractivity contribution in [2.45, 2.75) is 6.92 Å². The molecule has 28 heavy (non-hydrogen) atoms. The zero-order valence-electron chi connectivity index (χ0n) is 15.3. The summed E-state index contributed by atoms with van der Waals surface area (Å²) < 4.78 is 16.2. The van der Waals surface area contributed by atoms with E-state index in [9.17, 15) is 14.4 Å². The number of hydrogen-bond donors (Lipinski definition) is 1. The number of fused-ring (bicyclic) bond motifs is 1. The van der Waals surface area contributed by atoms with Crippen molar-refractivity contribution in [2.75, 3.05) is 32.6 Å². The second kappa shape index (κ2) is 8.61. The minimum absolute atomic E-state index is 0.0427. The average molecular weight is 422 g/mol. The first-order chi connectivity index (χ1) is 13.4. The normalized spacial score (nSPS) is 13.9. The van der Waals surface area contributed by atoms with Crippen molar-refractivity contribution < 1.29 is 28.3 Å². The van der Waals surface area contributed by atoms with Gasteiger partial charge in [-0.05, 0) is 25.1 Å². The molecule has 0 aliphatic carbocycles. The molecule has 2 heterocycles. The maximum atomic E-state index is 12.3. The van der Waals surface area contributed by atoms with Gasteiger partial charge in [0, 0.05) is 24.0 Å². The number of ether oxygens (including phenoxy) is 2. The van der Waals surface area contributed by atoms with Gasteiger partial charge in [0.15, 0.2) is 6.61 Å². The summed E-state index contributed by atoms with van der Waals surface area (Å²) in [5.41, 5.74) is 1.14. The number of furan rings is 1. The second-order valence-electron chi connectivity index (χ2n) is 5.94. The van der Waals surface area contributed by atoms with E-state index >= 15 is 0 Å². The van der Waals surface area contributed by atoms with Gasteiger partial charge < -0.3 is 19.2 Å². The molecule has 0 bridgehead atoms. The number of methoxy groups -OCH3 is 1. The van der Waals surface area contributed by atoms with Gasteiger partial charge >= 0.3 is 5.97 Å². The Morgan fingerprint density at radius 2 is 2.18 bits per heavy atom. The zero-order chi connectivity index (χ0) is 20.3. The summed E-state index contributed by atoms with van der Waals surface area (Å²) in [4.78, 5) is 37.2. The lowest BCUT2D eigenvalue weighted by Gasteiger charge is -2.14. The number of esters is 1. The number of nitrogens with zero attached hydrogens (tertiary/aromatic N) is 1. The van der Waals surface area contributed by atoms with Crippen LogP contribution in [-0.4, -0.2) is 59.6 Å². The molecular weight excluding hydrogens is 404 g/mol. The first-order valence-electron chi connectivity index (χ1n) is 8.38. The molecule has 0 spiro atoms. The van der Waals surface area contributed by atoms with E-state index in [-0.39, 0.29) is 24.8 Å². The summed E-state index contributed by atoms with van der Waals surface area (Å²) in [5, 5.41) is 3.32. The molecule has 3 rings (SSSR count). The largest absolute Gasteiger partial charge is 0.497 e. The van der Waals surface area contributed by atoms with Crippen molar-refractivity contribution in [2.24, 2.45) is 0 Å². The smallest absolute Gasteiger partial charge is 0.375 e. The van der Waals surface area contributed by atoms with Gasteiger partial charge in [-0.15, -0.1) is 0 Å². The maximum absolute atomic E-state index is 12.3. The molecule has 1 aliphatic heterocycles.